The third-order valence-corrected chi connectivity index (χ3v) is 3.13. The van der Waals surface area contributed by atoms with E-state index in [1.54, 1.807) is 0 Å². The van der Waals surface area contributed by atoms with E-state index in [2.05, 4.69) is 5.32 Å². The Kier molecular flexibility index (Phi) is 2.54. The minimum atomic E-state index is 0.298. The molecule has 2 fully saturated rings. The van der Waals surface area contributed by atoms with Gasteiger partial charge < -0.3 is 10.2 Å². The standard InChI is InChI=1S/C10H18N2O/c1-12(9-2-3-9)10(13)8-4-6-11-7-5-8/h8-9,11H,2-7H2,1H3. The van der Waals surface area contributed by atoms with E-state index in [9.17, 15) is 4.79 Å². The quantitative estimate of drug-likeness (QED) is 0.678. The second-order valence-corrected chi connectivity index (χ2v) is 4.20. The first-order valence-electron chi connectivity index (χ1n) is 5.26. The van der Waals surface area contributed by atoms with Crippen molar-refractivity contribution in [3.05, 3.63) is 0 Å². The van der Waals surface area contributed by atoms with Crippen molar-refractivity contribution >= 4 is 5.91 Å². The summed E-state index contributed by atoms with van der Waals surface area (Å²) in [6.45, 7) is 2.02. The van der Waals surface area contributed by atoms with Gasteiger partial charge >= 0.3 is 0 Å². The van der Waals surface area contributed by atoms with Crippen LogP contribution in [0.4, 0.5) is 0 Å². The third-order valence-electron chi connectivity index (χ3n) is 3.13. The molecule has 1 aliphatic carbocycles. The Morgan fingerprint density at radius 2 is 1.85 bits per heavy atom. The van der Waals surface area contributed by atoms with Crippen molar-refractivity contribution < 1.29 is 4.79 Å². The zero-order valence-corrected chi connectivity index (χ0v) is 8.25. The van der Waals surface area contributed by atoms with Gasteiger partial charge in [0.25, 0.3) is 0 Å². The van der Waals surface area contributed by atoms with Crippen LogP contribution in [0.25, 0.3) is 0 Å². The lowest BCUT2D eigenvalue weighted by molar-refractivity contribution is -0.135. The fraction of sp³-hybridized carbons (Fsp3) is 0.900. The number of hydrogen-bond acceptors (Lipinski definition) is 2. The molecule has 2 aliphatic rings. The minimum Gasteiger partial charge on any atom is -0.343 e. The van der Waals surface area contributed by atoms with Gasteiger partial charge in [0.05, 0.1) is 0 Å². The molecule has 3 nitrogen and oxygen atoms in total. The monoisotopic (exact) mass is 182 g/mol. The SMILES string of the molecule is CN(C(=O)C1CCNCC1)C1CC1. The molecule has 0 unspecified atom stereocenters. The van der Waals surface area contributed by atoms with Gasteiger partial charge in [0, 0.05) is 19.0 Å². The number of nitrogens with zero attached hydrogens (tertiary/aromatic N) is 1. The lowest BCUT2D eigenvalue weighted by Gasteiger charge is -2.26. The highest BCUT2D eigenvalue weighted by atomic mass is 16.2. The second kappa shape index (κ2) is 3.66. The van der Waals surface area contributed by atoms with Gasteiger partial charge in [-0.05, 0) is 38.8 Å². The summed E-state index contributed by atoms with van der Waals surface area (Å²) in [6, 6.07) is 0.572. The summed E-state index contributed by atoms with van der Waals surface area (Å²) in [5, 5.41) is 3.28. The van der Waals surface area contributed by atoms with Crippen LogP contribution in [0.3, 0.4) is 0 Å². The number of piperidine rings is 1. The first kappa shape index (κ1) is 9.00. The number of carbonyl (C=O) groups excluding carboxylic acids is 1. The Bertz CT molecular complexity index is 195. The van der Waals surface area contributed by atoms with Crippen LogP contribution in [0, 0.1) is 5.92 Å². The van der Waals surface area contributed by atoms with E-state index in [1.807, 2.05) is 11.9 Å². The Labute approximate surface area is 79.5 Å². The maximum atomic E-state index is 11.9. The molecule has 1 saturated carbocycles. The van der Waals surface area contributed by atoms with Gasteiger partial charge in [0.2, 0.25) is 5.91 Å². The Balaban J connectivity index is 1.86. The Morgan fingerprint density at radius 1 is 1.23 bits per heavy atom. The normalized spacial score (nSPS) is 24.4. The van der Waals surface area contributed by atoms with Crippen LogP contribution in [0.1, 0.15) is 25.7 Å². The topological polar surface area (TPSA) is 32.3 Å². The van der Waals surface area contributed by atoms with Gasteiger partial charge in [-0.25, -0.2) is 0 Å². The summed E-state index contributed by atoms with van der Waals surface area (Å²) < 4.78 is 0. The molecule has 0 spiro atoms. The van der Waals surface area contributed by atoms with Crippen molar-refractivity contribution in [1.29, 1.82) is 0 Å². The lowest BCUT2D eigenvalue weighted by Crippen LogP contribution is -2.40. The second-order valence-electron chi connectivity index (χ2n) is 4.20. The van der Waals surface area contributed by atoms with Crippen LogP contribution in [0.2, 0.25) is 0 Å². The molecular weight excluding hydrogens is 164 g/mol. The minimum absolute atomic E-state index is 0.298. The van der Waals surface area contributed by atoms with E-state index in [-0.39, 0.29) is 0 Å². The van der Waals surface area contributed by atoms with E-state index in [1.165, 1.54) is 12.8 Å². The van der Waals surface area contributed by atoms with Crippen molar-refractivity contribution in [3.8, 4) is 0 Å². The highest BCUT2D eigenvalue weighted by molar-refractivity contribution is 5.79. The molecule has 0 radical (unpaired) electrons. The van der Waals surface area contributed by atoms with Crippen molar-refractivity contribution in [2.75, 3.05) is 20.1 Å². The molecule has 1 saturated heterocycles. The largest absolute Gasteiger partial charge is 0.343 e. The molecule has 74 valence electrons. The third kappa shape index (κ3) is 2.02. The van der Waals surface area contributed by atoms with Crippen molar-refractivity contribution in [2.24, 2.45) is 5.92 Å². The van der Waals surface area contributed by atoms with Gasteiger partial charge in [-0.3, -0.25) is 4.79 Å². The van der Waals surface area contributed by atoms with Gasteiger partial charge in [0.15, 0.2) is 0 Å². The summed E-state index contributed by atoms with van der Waals surface area (Å²) in [5.74, 6) is 0.677. The number of nitrogens with one attached hydrogen (secondary N) is 1. The van der Waals surface area contributed by atoms with E-state index in [4.69, 9.17) is 0 Å². The fourth-order valence-corrected chi connectivity index (χ4v) is 2.00. The Hall–Kier alpha value is -0.570. The summed E-state index contributed by atoms with van der Waals surface area (Å²) >= 11 is 0. The predicted octanol–water partition coefficient (Wildman–Crippen LogP) is 0.607. The molecule has 1 heterocycles. The van der Waals surface area contributed by atoms with E-state index < -0.39 is 0 Å². The van der Waals surface area contributed by atoms with Gasteiger partial charge in [0.1, 0.15) is 0 Å². The first-order chi connectivity index (χ1) is 6.29. The first-order valence-corrected chi connectivity index (χ1v) is 5.26. The molecule has 3 heteroatoms. The molecule has 0 aromatic rings. The predicted molar refractivity (Wildman–Crippen MR) is 51.4 cm³/mol. The van der Waals surface area contributed by atoms with Crippen LogP contribution in [0.15, 0.2) is 0 Å². The molecule has 0 aromatic heterocycles. The number of rotatable bonds is 2. The maximum absolute atomic E-state index is 11.9. The van der Waals surface area contributed by atoms with Crippen molar-refractivity contribution in [3.63, 3.8) is 0 Å². The smallest absolute Gasteiger partial charge is 0.225 e. The molecule has 0 bridgehead atoms. The molecule has 1 amide bonds. The fourth-order valence-electron chi connectivity index (χ4n) is 2.00. The number of hydrogen-bond donors (Lipinski definition) is 1. The number of amides is 1. The van der Waals surface area contributed by atoms with Crippen LogP contribution >= 0.6 is 0 Å². The summed E-state index contributed by atoms with van der Waals surface area (Å²) in [7, 11) is 1.96. The van der Waals surface area contributed by atoms with Gasteiger partial charge in [-0.1, -0.05) is 0 Å². The summed E-state index contributed by atoms with van der Waals surface area (Å²) in [6.07, 6.45) is 4.48. The summed E-state index contributed by atoms with van der Waals surface area (Å²) in [5.41, 5.74) is 0. The molecule has 13 heavy (non-hydrogen) atoms. The van der Waals surface area contributed by atoms with Crippen molar-refractivity contribution in [1.82, 2.24) is 10.2 Å². The van der Waals surface area contributed by atoms with E-state index in [0.717, 1.165) is 25.9 Å². The highest BCUT2D eigenvalue weighted by Crippen LogP contribution is 2.28. The molecule has 0 aromatic carbocycles. The van der Waals surface area contributed by atoms with Crippen LogP contribution < -0.4 is 5.32 Å². The van der Waals surface area contributed by atoms with E-state index >= 15 is 0 Å². The lowest BCUT2D eigenvalue weighted by atomic mass is 9.97. The zero-order chi connectivity index (χ0) is 9.26. The highest BCUT2D eigenvalue weighted by Gasteiger charge is 2.33. The Morgan fingerprint density at radius 3 is 2.38 bits per heavy atom. The van der Waals surface area contributed by atoms with Gasteiger partial charge in [-0.15, -0.1) is 0 Å². The molecule has 0 atom stereocenters. The van der Waals surface area contributed by atoms with Crippen LogP contribution in [-0.2, 0) is 4.79 Å². The van der Waals surface area contributed by atoms with Crippen molar-refractivity contribution in [2.45, 2.75) is 31.7 Å². The zero-order valence-electron chi connectivity index (χ0n) is 8.25. The van der Waals surface area contributed by atoms with E-state index in [0.29, 0.717) is 17.9 Å². The van der Waals surface area contributed by atoms with Crippen LogP contribution in [-0.4, -0.2) is 37.0 Å². The molecule has 1 N–H and O–H groups in total. The molecule has 2 rings (SSSR count). The molecular formula is C10H18N2O. The maximum Gasteiger partial charge on any atom is 0.225 e. The molecule has 1 aliphatic heterocycles. The average molecular weight is 182 g/mol. The number of carbonyl (C=O) groups is 1. The summed E-state index contributed by atoms with van der Waals surface area (Å²) in [4.78, 5) is 13.8. The average Bonchev–Trinajstić information content (AvgIpc) is 3.00. The van der Waals surface area contributed by atoms with Crippen LogP contribution in [0.5, 0.6) is 0 Å². The van der Waals surface area contributed by atoms with Gasteiger partial charge in [-0.2, -0.15) is 0 Å².